The monoisotopic (exact) mass is 337 g/mol. The van der Waals surface area contributed by atoms with Crippen molar-refractivity contribution in [3.63, 3.8) is 0 Å². The van der Waals surface area contributed by atoms with Gasteiger partial charge >= 0.3 is 0 Å². The third-order valence-electron chi connectivity index (χ3n) is 3.82. The van der Waals surface area contributed by atoms with Gasteiger partial charge in [0.25, 0.3) is 0 Å². The minimum absolute atomic E-state index is 0.0218. The van der Waals surface area contributed by atoms with Crippen LogP contribution in [0.1, 0.15) is 0 Å². The maximum absolute atomic E-state index is 12.6. The molecule has 0 aliphatic heterocycles. The summed E-state index contributed by atoms with van der Waals surface area (Å²) in [5, 5.41) is 0.837. The second kappa shape index (κ2) is 7.36. The Hall–Kier alpha value is -2.53. The van der Waals surface area contributed by atoms with E-state index in [0.717, 1.165) is 22.1 Å². The van der Waals surface area contributed by atoms with Gasteiger partial charge in [-0.3, -0.25) is 4.79 Å². The Morgan fingerprint density at radius 3 is 2.33 bits per heavy atom. The van der Waals surface area contributed by atoms with Gasteiger partial charge in [0, 0.05) is 24.5 Å². The molecule has 122 valence electrons. The van der Waals surface area contributed by atoms with Gasteiger partial charge in [-0.1, -0.05) is 60.3 Å². The lowest BCUT2D eigenvalue weighted by atomic mass is 10.2. The van der Waals surface area contributed by atoms with E-state index in [0.29, 0.717) is 0 Å². The average Bonchev–Trinajstić information content (AvgIpc) is 3.05. The molecular weight excluding hydrogens is 318 g/mol. The summed E-state index contributed by atoms with van der Waals surface area (Å²) in [6.07, 6.45) is 3.91. The quantitative estimate of drug-likeness (QED) is 0.662. The van der Waals surface area contributed by atoms with E-state index in [9.17, 15) is 4.79 Å². The molecule has 0 spiro atoms. The molecule has 0 bridgehead atoms. The molecule has 1 heterocycles. The lowest BCUT2D eigenvalue weighted by molar-refractivity contribution is -0.119. The lowest BCUT2D eigenvalue weighted by Gasteiger charge is -2.18. The fraction of sp³-hybridized carbons (Fsp3) is 0.158. The van der Waals surface area contributed by atoms with Crippen molar-refractivity contribution in [1.29, 1.82) is 0 Å². The molecule has 2 aromatic carbocycles. The summed E-state index contributed by atoms with van der Waals surface area (Å²) in [6, 6.07) is 19.7. The lowest BCUT2D eigenvalue weighted by Crippen LogP contribution is -2.29. The number of amides is 1. The third kappa shape index (κ3) is 3.51. The molecule has 3 aromatic rings. The van der Waals surface area contributed by atoms with E-state index in [1.807, 2.05) is 77.7 Å². The number of nitrogens with zero attached hydrogens (tertiary/aromatic N) is 3. The van der Waals surface area contributed by atoms with Crippen molar-refractivity contribution >= 4 is 23.4 Å². The first-order chi connectivity index (χ1) is 11.7. The zero-order chi connectivity index (χ0) is 16.9. The zero-order valence-electron chi connectivity index (χ0n) is 13.7. The first-order valence-electron chi connectivity index (χ1n) is 7.67. The summed E-state index contributed by atoms with van der Waals surface area (Å²) in [5.41, 5.74) is 2.82. The molecule has 0 aliphatic rings. The fourth-order valence-electron chi connectivity index (χ4n) is 2.47. The standard InChI is InChI=1S/C19H19N3OS/c1-21(16-11-7-4-8-12-16)18(23)14-22-13-17(20-19(22)24-2)15-9-5-3-6-10-15/h3-13H,14H2,1-2H3. The Labute approximate surface area is 146 Å². The SMILES string of the molecule is CSc1nc(-c2ccccc2)cn1CC(=O)N(C)c1ccccc1. The molecule has 24 heavy (non-hydrogen) atoms. The number of likely N-dealkylation sites (N-methyl/N-ethyl adjacent to an activating group) is 1. The summed E-state index contributed by atoms with van der Waals surface area (Å²) in [7, 11) is 1.80. The minimum Gasteiger partial charge on any atom is -0.316 e. The van der Waals surface area contributed by atoms with Crippen molar-refractivity contribution in [1.82, 2.24) is 9.55 Å². The van der Waals surface area contributed by atoms with Crippen LogP contribution in [0.3, 0.4) is 0 Å². The van der Waals surface area contributed by atoms with Crippen LogP contribution in [0.25, 0.3) is 11.3 Å². The Morgan fingerprint density at radius 1 is 1.08 bits per heavy atom. The molecule has 0 aliphatic carbocycles. The van der Waals surface area contributed by atoms with E-state index in [1.165, 1.54) is 0 Å². The molecule has 3 rings (SSSR count). The normalized spacial score (nSPS) is 10.6. The highest BCUT2D eigenvalue weighted by Gasteiger charge is 2.15. The predicted octanol–water partition coefficient (Wildman–Crippen LogP) is 3.94. The van der Waals surface area contributed by atoms with Crippen molar-refractivity contribution in [2.24, 2.45) is 0 Å². The molecule has 0 saturated heterocycles. The van der Waals surface area contributed by atoms with Crippen LogP contribution in [0.5, 0.6) is 0 Å². The Balaban J connectivity index is 1.82. The van der Waals surface area contributed by atoms with Gasteiger partial charge in [-0.2, -0.15) is 0 Å². The summed E-state index contributed by atoms with van der Waals surface area (Å²) < 4.78 is 1.91. The Morgan fingerprint density at radius 2 is 1.71 bits per heavy atom. The summed E-state index contributed by atoms with van der Waals surface area (Å²) in [6.45, 7) is 0.265. The van der Waals surface area contributed by atoms with Crippen LogP contribution < -0.4 is 4.90 Å². The smallest absolute Gasteiger partial charge is 0.246 e. The van der Waals surface area contributed by atoms with Gasteiger partial charge in [0.05, 0.1) is 5.69 Å². The van der Waals surface area contributed by atoms with Crippen LogP contribution in [0, 0.1) is 0 Å². The van der Waals surface area contributed by atoms with Crippen LogP contribution in [0.2, 0.25) is 0 Å². The number of carbonyl (C=O) groups is 1. The van der Waals surface area contributed by atoms with Crippen LogP contribution in [0.4, 0.5) is 5.69 Å². The first-order valence-corrected chi connectivity index (χ1v) is 8.89. The number of para-hydroxylation sites is 1. The van der Waals surface area contributed by atoms with Crippen molar-refractivity contribution in [2.75, 3.05) is 18.2 Å². The molecule has 0 atom stereocenters. The minimum atomic E-state index is 0.0218. The molecule has 1 amide bonds. The molecule has 0 saturated carbocycles. The van der Waals surface area contributed by atoms with E-state index < -0.39 is 0 Å². The number of carbonyl (C=O) groups excluding carboxylic acids is 1. The average molecular weight is 337 g/mol. The first kappa shape index (κ1) is 16.3. The second-order valence-electron chi connectivity index (χ2n) is 5.40. The van der Waals surface area contributed by atoms with Crippen LogP contribution in [-0.2, 0) is 11.3 Å². The van der Waals surface area contributed by atoms with E-state index in [4.69, 9.17) is 0 Å². The maximum Gasteiger partial charge on any atom is 0.246 e. The Kier molecular flexibility index (Phi) is 5.01. The summed E-state index contributed by atoms with van der Waals surface area (Å²) >= 11 is 1.54. The number of rotatable bonds is 5. The predicted molar refractivity (Wildman–Crippen MR) is 99.3 cm³/mol. The van der Waals surface area contributed by atoms with E-state index in [2.05, 4.69) is 4.98 Å². The number of imidazole rings is 1. The highest BCUT2D eigenvalue weighted by molar-refractivity contribution is 7.98. The Bertz CT molecular complexity index is 815. The highest BCUT2D eigenvalue weighted by Crippen LogP contribution is 2.23. The molecule has 0 N–H and O–H groups in total. The van der Waals surface area contributed by atoms with Gasteiger partial charge in [0.2, 0.25) is 5.91 Å². The molecule has 5 heteroatoms. The van der Waals surface area contributed by atoms with Crippen molar-refractivity contribution < 1.29 is 4.79 Å². The van der Waals surface area contributed by atoms with Gasteiger partial charge in [-0.15, -0.1) is 0 Å². The highest BCUT2D eigenvalue weighted by atomic mass is 32.2. The van der Waals surface area contributed by atoms with Crippen molar-refractivity contribution in [2.45, 2.75) is 11.7 Å². The van der Waals surface area contributed by atoms with Crippen LogP contribution in [-0.4, -0.2) is 28.8 Å². The van der Waals surface area contributed by atoms with Gasteiger partial charge in [0.1, 0.15) is 6.54 Å². The summed E-state index contributed by atoms with van der Waals surface area (Å²) in [4.78, 5) is 18.9. The topological polar surface area (TPSA) is 38.1 Å². The van der Waals surface area contributed by atoms with Crippen molar-refractivity contribution in [3.05, 3.63) is 66.9 Å². The van der Waals surface area contributed by atoms with E-state index in [1.54, 1.807) is 23.7 Å². The van der Waals surface area contributed by atoms with Crippen molar-refractivity contribution in [3.8, 4) is 11.3 Å². The maximum atomic E-state index is 12.6. The summed E-state index contributed by atoms with van der Waals surface area (Å²) in [5.74, 6) is 0.0218. The number of hydrogen-bond acceptors (Lipinski definition) is 3. The van der Waals surface area contributed by atoms with Gasteiger partial charge in [-0.05, 0) is 18.4 Å². The molecule has 1 aromatic heterocycles. The number of aromatic nitrogens is 2. The number of anilines is 1. The molecular formula is C19H19N3OS. The number of hydrogen-bond donors (Lipinski definition) is 0. The van der Waals surface area contributed by atoms with Crippen LogP contribution >= 0.6 is 11.8 Å². The van der Waals surface area contributed by atoms with E-state index in [-0.39, 0.29) is 12.5 Å². The van der Waals surface area contributed by atoms with Gasteiger partial charge in [-0.25, -0.2) is 4.98 Å². The molecule has 4 nitrogen and oxygen atoms in total. The molecule has 0 radical (unpaired) electrons. The largest absolute Gasteiger partial charge is 0.316 e. The zero-order valence-corrected chi connectivity index (χ0v) is 14.5. The third-order valence-corrected chi connectivity index (χ3v) is 4.51. The van der Waals surface area contributed by atoms with Crippen LogP contribution in [0.15, 0.2) is 72.0 Å². The molecule has 0 fully saturated rings. The van der Waals surface area contributed by atoms with Gasteiger partial charge < -0.3 is 9.47 Å². The van der Waals surface area contributed by atoms with E-state index >= 15 is 0 Å². The number of benzene rings is 2. The second-order valence-corrected chi connectivity index (χ2v) is 6.17. The fourth-order valence-corrected chi connectivity index (χ4v) is 3.01. The number of thioether (sulfide) groups is 1. The van der Waals surface area contributed by atoms with Gasteiger partial charge in [0.15, 0.2) is 5.16 Å². The molecule has 0 unspecified atom stereocenters.